The lowest BCUT2D eigenvalue weighted by Gasteiger charge is -1.98. The highest BCUT2D eigenvalue weighted by atomic mass is 35.5. The van der Waals surface area contributed by atoms with Gasteiger partial charge in [0, 0.05) is 0 Å². The molecule has 2 aromatic rings. The predicted octanol–water partition coefficient (Wildman–Crippen LogP) is 2.15. The minimum atomic E-state index is -4.00. The Labute approximate surface area is 154 Å². The van der Waals surface area contributed by atoms with Crippen molar-refractivity contribution in [3.63, 3.8) is 0 Å². The van der Waals surface area contributed by atoms with Crippen LogP contribution in [-0.2, 0) is 10.1 Å². The number of nitrogens with two attached hydrogens (primary N) is 3. The summed E-state index contributed by atoms with van der Waals surface area (Å²) in [5.74, 6) is -0.204. The van der Waals surface area contributed by atoms with Crippen molar-refractivity contribution in [1.29, 1.82) is 0 Å². The van der Waals surface area contributed by atoms with Gasteiger partial charge in [-0.1, -0.05) is 41.4 Å². The van der Waals surface area contributed by atoms with Gasteiger partial charge in [-0.15, -0.1) is 0 Å². The molecule has 2 rings (SSSR count). The van der Waals surface area contributed by atoms with Crippen molar-refractivity contribution in [3.05, 3.63) is 58.6 Å². The lowest BCUT2D eigenvalue weighted by molar-refractivity contribution is 0.483. The highest BCUT2D eigenvalue weighted by molar-refractivity contribution is 7.85. The molecule has 0 radical (unpaired) electrons. The molecule has 0 amide bonds. The van der Waals surface area contributed by atoms with E-state index in [-0.39, 0.29) is 16.8 Å². The lowest BCUT2D eigenvalue weighted by Crippen LogP contribution is -2.26. The van der Waals surface area contributed by atoms with E-state index < -0.39 is 10.1 Å². The van der Waals surface area contributed by atoms with Crippen LogP contribution in [0.3, 0.4) is 0 Å². The number of benzene rings is 2. The summed E-state index contributed by atoms with van der Waals surface area (Å²) in [5, 5.41) is 0.825. The maximum absolute atomic E-state index is 10.4. The van der Waals surface area contributed by atoms with Crippen molar-refractivity contribution in [2.24, 2.45) is 27.2 Å². The number of aliphatic imine (C=N–C) groups is 2. The first-order valence-corrected chi connectivity index (χ1v) is 8.70. The molecule has 25 heavy (non-hydrogen) atoms. The van der Waals surface area contributed by atoms with Gasteiger partial charge >= 0.3 is 0 Å². The molecule has 0 aromatic heterocycles. The zero-order valence-electron chi connectivity index (χ0n) is 12.7. The van der Waals surface area contributed by atoms with E-state index >= 15 is 0 Å². The van der Waals surface area contributed by atoms with E-state index in [1.807, 2.05) is 0 Å². The van der Waals surface area contributed by atoms with E-state index in [2.05, 4.69) is 9.98 Å². The van der Waals surface area contributed by atoms with E-state index in [9.17, 15) is 8.42 Å². The van der Waals surface area contributed by atoms with E-state index in [4.69, 9.17) is 45.0 Å². The van der Waals surface area contributed by atoms with Gasteiger partial charge in [-0.05, 0) is 30.3 Å². The molecule has 0 aliphatic heterocycles. The smallest absolute Gasteiger partial charge is 0.294 e. The van der Waals surface area contributed by atoms with E-state index in [1.54, 1.807) is 36.4 Å². The fourth-order valence-electron chi connectivity index (χ4n) is 1.44. The molecule has 7 N–H and O–H groups in total. The maximum atomic E-state index is 10.4. The van der Waals surface area contributed by atoms with Crippen LogP contribution in [0.4, 0.5) is 5.69 Å². The van der Waals surface area contributed by atoms with Crippen LogP contribution in [0.25, 0.3) is 0 Å². The fraction of sp³-hybridized carbons (Fsp3) is 0. The summed E-state index contributed by atoms with van der Waals surface area (Å²) in [7, 11) is -4.00. The summed E-state index contributed by atoms with van der Waals surface area (Å²) in [4.78, 5) is 7.38. The lowest BCUT2D eigenvalue weighted by atomic mass is 10.3. The Balaban J connectivity index is 0.000000271. The molecule has 11 heteroatoms. The normalized spacial score (nSPS) is 11.2. The van der Waals surface area contributed by atoms with Gasteiger partial charge in [0.1, 0.15) is 0 Å². The Morgan fingerprint density at radius 2 is 1.56 bits per heavy atom. The topological polar surface area (TPSA) is 157 Å². The Kier molecular flexibility index (Phi) is 7.65. The van der Waals surface area contributed by atoms with Gasteiger partial charge in [-0.25, -0.2) is 4.99 Å². The molecule has 0 saturated heterocycles. The van der Waals surface area contributed by atoms with E-state index in [0.29, 0.717) is 15.7 Å². The van der Waals surface area contributed by atoms with Crippen LogP contribution in [0.15, 0.2) is 63.4 Å². The first-order chi connectivity index (χ1) is 11.6. The fourth-order valence-corrected chi connectivity index (χ4v) is 2.23. The summed E-state index contributed by atoms with van der Waals surface area (Å²) in [6.45, 7) is 0. The molecule has 0 heterocycles. The van der Waals surface area contributed by atoms with Crippen molar-refractivity contribution in [3.8, 4) is 0 Å². The van der Waals surface area contributed by atoms with Gasteiger partial charge in [0.15, 0.2) is 5.96 Å². The molecule has 134 valence electrons. The van der Waals surface area contributed by atoms with Crippen molar-refractivity contribution >= 4 is 50.9 Å². The van der Waals surface area contributed by atoms with Gasteiger partial charge in [-0.2, -0.15) is 13.4 Å². The quantitative estimate of drug-likeness (QED) is 0.341. The number of nitrogens with zero attached hydrogens (tertiary/aromatic N) is 2. The van der Waals surface area contributed by atoms with Crippen LogP contribution in [-0.4, -0.2) is 24.9 Å². The van der Waals surface area contributed by atoms with Crippen molar-refractivity contribution in [1.82, 2.24) is 0 Å². The van der Waals surface area contributed by atoms with Gasteiger partial charge in [0.25, 0.3) is 10.1 Å². The first kappa shape index (κ1) is 20.7. The minimum Gasteiger partial charge on any atom is -0.370 e. The van der Waals surface area contributed by atoms with E-state index in [1.165, 1.54) is 12.1 Å². The zero-order chi connectivity index (χ0) is 19.0. The summed E-state index contributed by atoms with van der Waals surface area (Å²) >= 11 is 11.5. The summed E-state index contributed by atoms with van der Waals surface area (Å²) in [6.07, 6.45) is 0. The van der Waals surface area contributed by atoms with Crippen molar-refractivity contribution in [2.45, 2.75) is 4.90 Å². The van der Waals surface area contributed by atoms with Crippen LogP contribution in [0.5, 0.6) is 0 Å². The molecule has 0 spiro atoms. The Morgan fingerprint density at radius 1 is 0.960 bits per heavy atom. The molecule has 0 atom stereocenters. The van der Waals surface area contributed by atoms with Crippen LogP contribution in [0.1, 0.15) is 0 Å². The Bertz CT molecular complexity index is 883. The number of rotatable bonds is 2. The number of hydrogen-bond acceptors (Lipinski definition) is 3. The first-order valence-electron chi connectivity index (χ1n) is 6.51. The average Bonchev–Trinajstić information content (AvgIpc) is 2.51. The second kappa shape index (κ2) is 9.23. The Hall–Kier alpha value is -2.33. The number of hydrogen-bond donors (Lipinski definition) is 4. The molecule has 0 fully saturated rings. The molecular formula is C14H15Cl2N5O3S. The standard InChI is InChI=1S/C8H9Cl2N5.C6H6O3S/c9-5-2-1-4(3-6(5)10)14-8(13)15-7(11)12;7-10(8,9)6-4-2-1-3-5-6/h1-3H,(H6,11,12,13,14,15);1-5H,(H,7,8,9). The zero-order valence-corrected chi connectivity index (χ0v) is 15.0. The second-order valence-corrected chi connectivity index (χ2v) is 6.63. The SMILES string of the molecule is NC(N)=NC(N)=Nc1ccc(Cl)c(Cl)c1.O=S(=O)(O)c1ccccc1. The van der Waals surface area contributed by atoms with Crippen LogP contribution < -0.4 is 17.2 Å². The predicted molar refractivity (Wildman–Crippen MR) is 99.8 cm³/mol. The Morgan fingerprint density at radius 3 is 2.00 bits per heavy atom. The third kappa shape index (κ3) is 7.86. The van der Waals surface area contributed by atoms with E-state index in [0.717, 1.165) is 0 Å². The van der Waals surface area contributed by atoms with Crippen molar-refractivity contribution in [2.75, 3.05) is 0 Å². The van der Waals surface area contributed by atoms with Crippen LogP contribution >= 0.6 is 23.2 Å². The summed E-state index contributed by atoms with van der Waals surface area (Å²) in [6, 6.07) is 12.2. The molecule has 0 bridgehead atoms. The van der Waals surface area contributed by atoms with Gasteiger partial charge in [-0.3, -0.25) is 4.55 Å². The third-order valence-electron chi connectivity index (χ3n) is 2.43. The average molecular weight is 404 g/mol. The summed E-state index contributed by atoms with van der Waals surface area (Å²) < 4.78 is 29.2. The molecule has 0 saturated carbocycles. The largest absolute Gasteiger partial charge is 0.370 e. The van der Waals surface area contributed by atoms with Gasteiger partial charge < -0.3 is 17.2 Å². The molecule has 0 aliphatic carbocycles. The molecular weight excluding hydrogens is 389 g/mol. The maximum Gasteiger partial charge on any atom is 0.294 e. The molecule has 0 aliphatic rings. The summed E-state index contributed by atoms with van der Waals surface area (Å²) in [5.41, 5.74) is 16.2. The highest BCUT2D eigenvalue weighted by Crippen LogP contribution is 2.26. The van der Waals surface area contributed by atoms with Gasteiger partial charge in [0.2, 0.25) is 5.96 Å². The van der Waals surface area contributed by atoms with Crippen LogP contribution in [0, 0.1) is 0 Å². The third-order valence-corrected chi connectivity index (χ3v) is 4.04. The number of guanidine groups is 2. The molecule has 0 unspecified atom stereocenters. The number of halogens is 2. The van der Waals surface area contributed by atoms with Crippen LogP contribution in [0.2, 0.25) is 10.0 Å². The highest BCUT2D eigenvalue weighted by Gasteiger charge is 2.05. The molecule has 2 aromatic carbocycles. The minimum absolute atomic E-state index is 0.0478. The molecule has 8 nitrogen and oxygen atoms in total. The van der Waals surface area contributed by atoms with Gasteiger partial charge in [0.05, 0.1) is 20.6 Å². The van der Waals surface area contributed by atoms with Crippen molar-refractivity contribution < 1.29 is 13.0 Å². The second-order valence-electron chi connectivity index (χ2n) is 4.39. The monoisotopic (exact) mass is 403 g/mol.